The normalized spacial score (nSPS) is 26.7. The molecule has 0 amide bonds. The van der Waals surface area contributed by atoms with E-state index in [0.717, 1.165) is 19.5 Å². The number of halogens is 1. The van der Waals surface area contributed by atoms with Crippen molar-refractivity contribution >= 4 is 21.9 Å². The molecule has 2 rings (SSSR count). The number of carbonyl (C=O) groups is 1. The highest BCUT2D eigenvalue weighted by molar-refractivity contribution is 9.11. The molecule has 1 saturated heterocycles. The SMILES string of the molecule is COC(=O)/C(=C/C(Br)=C\N)CN1CCC(NC2CCCCC2)C(CO)C1. The van der Waals surface area contributed by atoms with Gasteiger partial charge in [0.25, 0.3) is 0 Å². The highest BCUT2D eigenvalue weighted by Gasteiger charge is 2.31. The van der Waals surface area contributed by atoms with Gasteiger partial charge in [0, 0.05) is 48.4 Å². The molecule has 4 N–H and O–H groups in total. The topological polar surface area (TPSA) is 87.8 Å². The summed E-state index contributed by atoms with van der Waals surface area (Å²) in [7, 11) is 1.38. The van der Waals surface area contributed by atoms with E-state index in [1.54, 1.807) is 6.08 Å². The standard InChI is InChI=1S/C19H32BrN3O3/c1-26-19(25)14(9-16(20)10-21)11-23-8-7-18(15(12-23)13-24)22-17-5-3-2-4-6-17/h9-10,15,17-18,22,24H,2-8,11-13,21H2,1H3/b14-9+,16-10+. The first-order valence-electron chi connectivity index (χ1n) is 9.53. The molecule has 1 aliphatic carbocycles. The van der Waals surface area contributed by atoms with Crippen LogP contribution in [0.15, 0.2) is 22.3 Å². The van der Waals surface area contributed by atoms with Gasteiger partial charge in [0.1, 0.15) is 0 Å². The van der Waals surface area contributed by atoms with Crippen LogP contribution in [0.25, 0.3) is 0 Å². The molecule has 2 fully saturated rings. The van der Waals surface area contributed by atoms with Crippen molar-refractivity contribution in [3.63, 3.8) is 0 Å². The van der Waals surface area contributed by atoms with Gasteiger partial charge in [-0.2, -0.15) is 0 Å². The number of nitrogens with one attached hydrogen (secondary N) is 1. The lowest BCUT2D eigenvalue weighted by Gasteiger charge is -2.40. The van der Waals surface area contributed by atoms with E-state index in [-0.39, 0.29) is 18.5 Å². The van der Waals surface area contributed by atoms with Crippen molar-refractivity contribution in [2.24, 2.45) is 11.7 Å². The van der Waals surface area contributed by atoms with Gasteiger partial charge in [-0.05, 0) is 47.8 Å². The third-order valence-corrected chi connectivity index (χ3v) is 5.91. The Bertz CT molecular complexity index is 518. The minimum absolute atomic E-state index is 0.157. The van der Waals surface area contributed by atoms with Crippen molar-refractivity contribution in [3.05, 3.63) is 22.3 Å². The number of carbonyl (C=O) groups excluding carboxylic acids is 1. The minimum Gasteiger partial charge on any atom is -0.466 e. The molecule has 0 spiro atoms. The lowest BCUT2D eigenvalue weighted by molar-refractivity contribution is -0.136. The first-order chi connectivity index (χ1) is 12.6. The molecule has 0 aromatic rings. The first-order valence-corrected chi connectivity index (χ1v) is 10.3. The Hall–Kier alpha value is -0.890. The summed E-state index contributed by atoms with van der Waals surface area (Å²) in [5, 5.41) is 13.7. The van der Waals surface area contributed by atoms with Crippen molar-refractivity contribution in [2.45, 2.75) is 50.6 Å². The van der Waals surface area contributed by atoms with Crippen LogP contribution in [0.2, 0.25) is 0 Å². The molecule has 26 heavy (non-hydrogen) atoms. The third-order valence-electron chi connectivity index (χ3n) is 5.42. The molecule has 1 saturated carbocycles. The highest BCUT2D eigenvalue weighted by atomic mass is 79.9. The summed E-state index contributed by atoms with van der Waals surface area (Å²) in [6.45, 7) is 2.30. The molecule has 0 aromatic carbocycles. The number of methoxy groups -OCH3 is 1. The number of aliphatic hydroxyl groups is 1. The largest absolute Gasteiger partial charge is 0.466 e. The van der Waals surface area contributed by atoms with Gasteiger partial charge in [-0.25, -0.2) is 4.79 Å². The lowest BCUT2D eigenvalue weighted by Crippen LogP contribution is -2.53. The van der Waals surface area contributed by atoms with Crippen molar-refractivity contribution in [2.75, 3.05) is 33.4 Å². The molecule has 0 aromatic heterocycles. The van der Waals surface area contributed by atoms with Crippen LogP contribution in [-0.2, 0) is 9.53 Å². The zero-order valence-corrected chi connectivity index (χ0v) is 17.2. The van der Waals surface area contributed by atoms with E-state index in [2.05, 4.69) is 26.1 Å². The molecule has 6 nitrogen and oxygen atoms in total. The molecule has 2 atom stereocenters. The summed E-state index contributed by atoms with van der Waals surface area (Å²) in [6, 6.07) is 0.936. The molecular formula is C19H32BrN3O3. The summed E-state index contributed by atoms with van der Waals surface area (Å²) in [6.07, 6.45) is 10.5. The van der Waals surface area contributed by atoms with E-state index in [4.69, 9.17) is 10.5 Å². The van der Waals surface area contributed by atoms with Gasteiger partial charge < -0.3 is 20.9 Å². The summed E-state index contributed by atoms with van der Waals surface area (Å²) in [5.74, 6) is -0.176. The van der Waals surface area contributed by atoms with E-state index >= 15 is 0 Å². The third kappa shape index (κ3) is 6.37. The Kier molecular flexibility index (Phi) is 9.11. The molecule has 0 radical (unpaired) electrons. The van der Waals surface area contributed by atoms with Crippen LogP contribution in [0, 0.1) is 5.92 Å². The predicted octanol–water partition coefficient (Wildman–Crippen LogP) is 1.89. The number of aliphatic hydroxyl groups excluding tert-OH is 1. The maximum atomic E-state index is 12.0. The number of hydrogen-bond acceptors (Lipinski definition) is 6. The van der Waals surface area contributed by atoms with E-state index < -0.39 is 0 Å². The Morgan fingerprint density at radius 2 is 2.08 bits per heavy atom. The number of allylic oxidation sites excluding steroid dienone is 2. The van der Waals surface area contributed by atoms with Crippen LogP contribution in [0.4, 0.5) is 0 Å². The average Bonchev–Trinajstić information content (AvgIpc) is 2.68. The first kappa shape index (κ1) is 21.4. The van der Waals surface area contributed by atoms with Crippen molar-refractivity contribution in [3.8, 4) is 0 Å². The fraction of sp³-hybridized carbons (Fsp3) is 0.737. The number of likely N-dealkylation sites (tertiary alicyclic amines) is 1. The second kappa shape index (κ2) is 11.1. The van der Waals surface area contributed by atoms with Crippen molar-refractivity contribution in [1.29, 1.82) is 0 Å². The van der Waals surface area contributed by atoms with E-state index in [1.807, 2.05) is 0 Å². The molecule has 2 aliphatic rings. The molecule has 7 heteroatoms. The van der Waals surface area contributed by atoms with Crippen LogP contribution < -0.4 is 11.1 Å². The molecule has 0 bridgehead atoms. The number of hydrogen-bond donors (Lipinski definition) is 3. The maximum absolute atomic E-state index is 12.0. The number of nitrogens with two attached hydrogens (primary N) is 1. The highest BCUT2D eigenvalue weighted by Crippen LogP contribution is 2.23. The lowest BCUT2D eigenvalue weighted by atomic mass is 9.89. The van der Waals surface area contributed by atoms with Gasteiger partial charge >= 0.3 is 5.97 Å². The zero-order valence-electron chi connectivity index (χ0n) is 15.6. The molecule has 1 heterocycles. The van der Waals surface area contributed by atoms with Crippen molar-refractivity contribution < 1.29 is 14.6 Å². The van der Waals surface area contributed by atoms with E-state index in [0.29, 0.717) is 28.7 Å². The van der Waals surface area contributed by atoms with Gasteiger partial charge in [-0.15, -0.1) is 0 Å². The summed E-state index contributed by atoms with van der Waals surface area (Å²) < 4.78 is 5.53. The Morgan fingerprint density at radius 1 is 1.35 bits per heavy atom. The number of nitrogens with zero attached hydrogens (tertiary/aromatic N) is 1. The number of piperidine rings is 1. The van der Waals surface area contributed by atoms with Crippen LogP contribution in [0.3, 0.4) is 0 Å². The number of rotatable bonds is 7. The second-order valence-electron chi connectivity index (χ2n) is 7.29. The Morgan fingerprint density at radius 3 is 2.69 bits per heavy atom. The molecule has 148 valence electrons. The van der Waals surface area contributed by atoms with Gasteiger partial charge in [0.2, 0.25) is 0 Å². The van der Waals surface area contributed by atoms with Gasteiger partial charge in [-0.3, -0.25) is 4.90 Å². The van der Waals surface area contributed by atoms with Gasteiger partial charge in [0.15, 0.2) is 0 Å². The van der Waals surface area contributed by atoms with E-state index in [1.165, 1.54) is 45.4 Å². The number of ether oxygens (including phenoxy) is 1. The number of esters is 1. The van der Waals surface area contributed by atoms with E-state index in [9.17, 15) is 9.90 Å². The monoisotopic (exact) mass is 429 g/mol. The average molecular weight is 430 g/mol. The van der Waals surface area contributed by atoms with Crippen LogP contribution in [0.5, 0.6) is 0 Å². The fourth-order valence-corrected chi connectivity index (χ4v) is 4.26. The summed E-state index contributed by atoms with van der Waals surface area (Å²) in [5.41, 5.74) is 6.04. The predicted molar refractivity (Wildman–Crippen MR) is 107 cm³/mol. The van der Waals surface area contributed by atoms with Crippen LogP contribution in [0.1, 0.15) is 38.5 Å². The maximum Gasteiger partial charge on any atom is 0.335 e. The van der Waals surface area contributed by atoms with Gasteiger partial charge in [-0.1, -0.05) is 19.3 Å². The molecule has 2 unspecified atom stereocenters. The summed E-state index contributed by atoms with van der Waals surface area (Å²) in [4.78, 5) is 14.3. The van der Waals surface area contributed by atoms with Gasteiger partial charge in [0.05, 0.1) is 12.7 Å². The Balaban J connectivity index is 1.95. The molecule has 1 aliphatic heterocycles. The minimum atomic E-state index is -0.355. The Labute approximate surface area is 165 Å². The van der Waals surface area contributed by atoms with Crippen molar-refractivity contribution in [1.82, 2.24) is 10.2 Å². The summed E-state index contributed by atoms with van der Waals surface area (Å²) >= 11 is 3.31. The zero-order chi connectivity index (χ0) is 18.9. The second-order valence-corrected chi connectivity index (χ2v) is 8.20. The molecular weight excluding hydrogens is 398 g/mol. The smallest absolute Gasteiger partial charge is 0.335 e. The fourth-order valence-electron chi connectivity index (χ4n) is 3.98. The quantitative estimate of drug-likeness (QED) is 0.325. The van der Waals surface area contributed by atoms with Crippen LogP contribution >= 0.6 is 15.9 Å². The van der Waals surface area contributed by atoms with Crippen LogP contribution in [-0.4, -0.2) is 61.4 Å².